The third-order valence-electron chi connectivity index (χ3n) is 4.79. The Bertz CT molecular complexity index is 1100. The maximum absolute atomic E-state index is 13.1. The molecule has 0 saturated heterocycles. The molecule has 2 aromatic carbocycles. The number of carbonyl (C=O) groups is 1. The van der Waals surface area contributed by atoms with Gasteiger partial charge >= 0.3 is 0 Å². The Labute approximate surface area is 176 Å². The van der Waals surface area contributed by atoms with E-state index < -0.39 is 0 Å². The molecule has 0 spiro atoms. The number of aromatic nitrogens is 2. The van der Waals surface area contributed by atoms with Gasteiger partial charge in [-0.25, -0.2) is 4.85 Å². The van der Waals surface area contributed by atoms with Gasteiger partial charge in [-0.2, -0.15) is 5.10 Å². The zero-order valence-corrected chi connectivity index (χ0v) is 17.4. The quantitative estimate of drug-likeness (QED) is 0.473. The van der Waals surface area contributed by atoms with E-state index in [0.29, 0.717) is 29.5 Å². The molecule has 1 aromatic heterocycles. The van der Waals surface area contributed by atoms with Gasteiger partial charge in [0.05, 0.1) is 18.3 Å². The van der Waals surface area contributed by atoms with Gasteiger partial charge in [-0.05, 0) is 30.7 Å². The topological polar surface area (TPSA) is 42.5 Å². The van der Waals surface area contributed by atoms with Gasteiger partial charge in [-0.3, -0.25) is 9.48 Å². The standard InChI is InChI=1S/C21H16BrClN4O/c1-13-11-26(12-14-3-6-16(24-2)7-4-14)21(28)20-10-19(25-27(13)20)17-8-5-15(23)9-18(17)22/h3-10,13H,11-12H2,1H3/t13-/m0/s1. The Hall–Kier alpha value is -2.62. The van der Waals surface area contributed by atoms with Gasteiger partial charge in [0.2, 0.25) is 0 Å². The molecule has 0 saturated carbocycles. The third kappa shape index (κ3) is 3.44. The van der Waals surface area contributed by atoms with Crippen LogP contribution >= 0.6 is 27.5 Å². The Morgan fingerprint density at radius 3 is 2.68 bits per heavy atom. The number of carbonyl (C=O) groups excluding carboxylic acids is 1. The molecule has 2 heterocycles. The Morgan fingerprint density at radius 2 is 2.00 bits per heavy atom. The Kier molecular flexibility index (Phi) is 4.96. The van der Waals surface area contributed by atoms with Crippen molar-refractivity contribution in [3.63, 3.8) is 0 Å². The highest BCUT2D eigenvalue weighted by Crippen LogP contribution is 2.33. The minimum absolute atomic E-state index is 0.0452. The van der Waals surface area contributed by atoms with Crippen molar-refractivity contribution in [3.8, 4) is 11.3 Å². The van der Waals surface area contributed by atoms with E-state index in [9.17, 15) is 4.79 Å². The van der Waals surface area contributed by atoms with E-state index in [2.05, 4.69) is 32.8 Å². The van der Waals surface area contributed by atoms with Crippen molar-refractivity contribution in [3.05, 3.63) is 80.7 Å². The van der Waals surface area contributed by atoms with Gasteiger partial charge in [0.1, 0.15) is 5.69 Å². The number of hydrogen-bond acceptors (Lipinski definition) is 2. The number of hydrogen-bond donors (Lipinski definition) is 0. The van der Waals surface area contributed by atoms with Crippen LogP contribution in [0.1, 0.15) is 29.0 Å². The zero-order valence-electron chi connectivity index (χ0n) is 15.1. The molecule has 0 bridgehead atoms. The summed E-state index contributed by atoms with van der Waals surface area (Å²) in [7, 11) is 0. The summed E-state index contributed by atoms with van der Waals surface area (Å²) in [6, 6.07) is 14.8. The van der Waals surface area contributed by atoms with E-state index in [-0.39, 0.29) is 11.9 Å². The minimum atomic E-state index is -0.0452. The van der Waals surface area contributed by atoms with Gasteiger partial charge in [0, 0.05) is 28.1 Å². The highest BCUT2D eigenvalue weighted by Gasteiger charge is 2.31. The summed E-state index contributed by atoms with van der Waals surface area (Å²) in [6.45, 7) is 10.2. The highest BCUT2D eigenvalue weighted by atomic mass is 79.9. The van der Waals surface area contributed by atoms with Crippen molar-refractivity contribution < 1.29 is 4.79 Å². The van der Waals surface area contributed by atoms with Gasteiger partial charge in [-0.1, -0.05) is 57.9 Å². The molecule has 1 aliphatic heterocycles. The van der Waals surface area contributed by atoms with E-state index in [1.165, 1.54) is 0 Å². The average molecular weight is 456 g/mol. The van der Waals surface area contributed by atoms with Crippen molar-refractivity contribution in [2.24, 2.45) is 0 Å². The van der Waals surface area contributed by atoms with Crippen LogP contribution in [-0.4, -0.2) is 27.1 Å². The molecule has 1 aliphatic rings. The van der Waals surface area contributed by atoms with Gasteiger partial charge in [0.15, 0.2) is 5.69 Å². The summed E-state index contributed by atoms with van der Waals surface area (Å²) in [5.74, 6) is -0.0452. The Balaban J connectivity index is 1.63. The van der Waals surface area contributed by atoms with E-state index >= 15 is 0 Å². The highest BCUT2D eigenvalue weighted by molar-refractivity contribution is 9.10. The molecule has 0 unspecified atom stereocenters. The van der Waals surface area contributed by atoms with Crippen molar-refractivity contribution in [1.29, 1.82) is 0 Å². The number of benzene rings is 2. The normalized spacial score (nSPS) is 16.0. The molecule has 5 nitrogen and oxygen atoms in total. The van der Waals surface area contributed by atoms with Crippen LogP contribution in [0.2, 0.25) is 5.02 Å². The van der Waals surface area contributed by atoms with E-state index in [1.807, 2.05) is 41.3 Å². The number of fused-ring (bicyclic) bond motifs is 1. The number of nitrogens with zero attached hydrogens (tertiary/aromatic N) is 4. The molecule has 1 amide bonds. The largest absolute Gasteiger partial charge is 0.331 e. The second kappa shape index (κ2) is 7.42. The summed E-state index contributed by atoms with van der Waals surface area (Å²) in [5, 5.41) is 5.31. The molecule has 0 N–H and O–H groups in total. The van der Waals surface area contributed by atoms with Gasteiger partial charge in [0.25, 0.3) is 5.91 Å². The van der Waals surface area contributed by atoms with Crippen molar-refractivity contribution >= 4 is 39.1 Å². The molecule has 0 radical (unpaired) electrons. The fraction of sp³-hybridized carbons (Fsp3) is 0.190. The SMILES string of the molecule is [C-]#[N+]c1ccc(CN2C[C@H](C)n3nc(-c4ccc(Cl)cc4Br)cc3C2=O)cc1. The predicted octanol–water partition coefficient (Wildman–Crippen LogP) is 5.73. The molecular weight excluding hydrogens is 440 g/mol. The van der Waals surface area contributed by atoms with Crippen LogP contribution in [0.25, 0.3) is 16.1 Å². The average Bonchev–Trinajstić information content (AvgIpc) is 3.12. The van der Waals surface area contributed by atoms with Crippen molar-refractivity contribution in [2.75, 3.05) is 6.54 Å². The lowest BCUT2D eigenvalue weighted by Gasteiger charge is -2.31. The molecule has 0 aliphatic carbocycles. The molecule has 7 heteroatoms. The molecule has 3 aromatic rings. The smallest absolute Gasteiger partial charge is 0.272 e. The van der Waals surface area contributed by atoms with Crippen molar-refractivity contribution in [1.82, 2.24) is 14.7 Å². The van der Waals surface area contributed by atoms with Crippen LogP contribution in [0.5, 0.6) is 0 Å². The summed E-state index contributed by atoms with van der Waals surface area (Å²) < 4.78 is 2.64. The van der Waals surface area contributed by atoms with E-state index in [1.54, 1.807) is 16.8 Å². The maximum Gasteiger partial charge on any atom is 0.272 e. The number of rotatable bonds is 3. The third-order valence-corrected chi connectivity index (χ3v) is 5.68. The van der Waals surface area contributed by atoms with E-state index in [0.717, 1.165) is 21.3 Å². The molecule has 0 fully saturated rings. The number of halogens is 2. The van der Waals surface area contributed by atoms with Gasteiger partial charge in [-0.15, -0.1) is 0 Å². The van der Waals surface area contributed by atoms with Crippen LogP contribution < -0.4 is 0 Å². The molecule has 140 valence electrons. The fourth-order valence-electron chi connectivity index (χ4n) is 3.39. The first-order chi connectivity index (χ1) is 13.5. The minimum Gasteiger partial charge on any atom is -0.331 e. The first-order valence-corrected chi connectivity index (χ1v) is 9.94. The second-order valence-corrected chi connectivity index (χ2v) is 8.09. The monoisotopic (exact) mass is 454 g/mol. The lowest BCUT2D eigenvalue weighted by molar-refractivity contribution is 0.0651. The Morgan fingerprint density at radius 1 is 1.25 bits per heavy atom. The van der Waals surface area contributed by atoms with Crippen LogP contribution in [-0.2, 0) is 6.54 Å². The molecular formula is C21H16BrClN4O. The lowest BCUT2D eigenvalue weighted by atomic mass is 10.1. The molecule has 4 rings (SSSR count). The fourth-order valence-corrected chi connectivity index (χ4v) is 4.28. The summed E-state index contributed by atoms with van der Waals surface area (Å²) in [5.41, 5.74) is 3.81. The van der Waals surface area contributed by atoms with Crippen LogP contribution in [0.4, 0.5) is 5.69 Å². The summed E-state index contributed by atoms with van der Waals surface area (Å²) in [4.78, 5) is 18.3. The molecule has 1 atom stereocenters. The first kappa shape index (κ1) is 18.7. The number of amides is 1. The van der Waals surface area contributed by atoms with Crippen LogP contribution in [0.15, 0.2) is 53.0 Å². The summed E-state index contributed by atoms with van der Waals surface area (Å²) in [6.07, 6.45) is 0. The van der Waals surface area contributed by atoms with Gasteiger partial charge < -0.3 is 4.90 Å². The second-order valence-electron chi connectivity index (χ2n) is 6.80. The molecule has 28 heavy (non-hydrogen) atoms. The first-order valence-electron chi connectivity index (χ1n) is 8.77. The zero-order chi connectivity index (χ0) is 19.8. The summed E-state index contributed by atoms with van der Waals surface area (Å²) >= 11 is 9.56. The van der Waals surface area contributed by atoms with Crippen molar-refractivity contribution in [2.45, 2.75) is 19.5 Å². The van der Waals surface area contributed by atoms with Crippen LogP contribution in [0, 0.1) is 6.57 Å². The van der Waals surface area contributed by atoms with Crippen LogP contribution in [0.3, 0.4) is 0 Å². The lowest BCUT2D eigenvalue weighted by Crippen LogP contribution is -2.41. The predicted molar refractivity (Wildman–Crippen MR) is 113 cm³/mol. The maximum atomic E-state index is 13.1. The van der Waals surface area contributed by atoms with E-state index in [4.69, 9.17) is 18.2 Å².